The summed E-state index contributed by atoms with van der Waals surface area (Å²) >= 11 is 0. The number of carboxylic acid groups (broad SMARTS) is 1. The first kappa shape index (κ1) is 18.0. The summed E-state index contributed by atoms with van der Waals surface area (Å²) < 4.78 is 6.85. The first-order chi connectivity index (χ1) is 12.6. The number of ether oxygens (including phenoxy) is 1. The van der Waals surface area contributed by atoms with Crippen molar-refractivity contribution < 1.29 is 19.4 Å². The molecule has 1 N–H and O–H groups in total. The Labute approximate surface area is 152 Å². The normalized spacial score (nSPS) is 15.0. The van der Waals surface area contributed by atoms with E-state index in [4.69, 9.17) is 9.84 Å². The fourth-order valence-electron chi connectivity index (χ4n) is 3.23. The third-order valence-corrected chi connectivity index (χ3v) is 4.83. The molecule has 0 spiro atoms. The van der Waals surface area contributed by atoms with E-state index in [9.17, 15) is 9.59 Å². The zero-order chi connectivity index (χ0) is 18.5. The summed E-state index contributed by atoms with van der Waals surface area (Å²) in [6.07, 6.45) is 5.71. The number of hydrogen-bond acceptors (Lipinski definition) is 4. The van der Waals surface area contributed by atoms with Gasteiger partial charge in [-0.2, -0.15) is 5.10 Å². The van der Waals surface area contributed by atoms with Crippen LogP contribution in [-0.2, 0) is 11.2 Å². The molecule has 1 aliphatic rings. The van der Waals surface area contributed by atoms with Gasteiger partial charge in [0.05, 0.1) is 24.9 Å². The Bertz CT molecular complexity index is 761. The number of carboxylic acids is 1. The molecule has 1 fully saturated rings. The van der Waals surface area contributed by atoms with Crippen molar-refractivity contribution in [2.24, 2.45) is 0 Å². The third-order valence-electron chi connectivity index (χ3n) is 4.83. The second kappa shape index (κ2) is 8.03. The first-order valence-electron chi connectivity index (χ1n) is 8.75. The van der Waals surface area contributed by atoms with Gasteiger partial charge in [-0.3, -0.25) is 9.48 Å². The molecule has 0 radical (unpaired) electrons. The topological polar surface area (TPSA) is 84.7 Å². The van der Waals surface area contributed by atoms with Crippen LogP contribution in [0.2, 0.25) is 0 Å². The number of benzene rings is 1. The van der Waals surface area contributed by atoms with E-state index >= 15 is 0 Å². The number of aromatic carboxylic acids is 1. The summed E-state index contributed by atoms with van der Waals surface area (Å²) in [7, 11) is 1.63. The highest BCUT2D eigenvalue weighted by Gasteiger charge is 2.24. The number of aromatic nitrogens is 2. The van der Waals surface area contributed by atoms with Gasteiger partial charge in [0.1, 0.15) is 5.75 Å². The minimum atomic E-state index is -0.970. The molecule has 3 rings (SSSR count). The van der Waals surface area contributed by atoms with Crippen molar-refractivity contribution in [1.29, 1.82) is 0 Å². The molecule has 1 aromatic carbocycles. The third kappa shape index (κ3) is 4.22. The molecule has 1 amide bonds. The van der Waals surface area contributed by atoms with Crippen molar-refractivity contribution in [3.8, 4) is 5.75 Å². The maximum absolute atomic E-state index is 12.4. The van der Waals surface area contributed by atoms with Gasteiger partial charge in [0.2, 0.25) is 5.91 Å². The van der Waals surface area contributed by atoms with Crippen LogP contribution in [0.4, 0.5) is 0 Å². The standard InChI is InChI=1S/C19H23N3O4/c1-26-17-5-2-14(3-6-17)4-7-18(23)21-10-8-16(9-11-21)22-13-15(12-20-22)19(24)25/h2-3,5-6,12-13,16H,4,7-11H2,1H3,(H,24,25). The predicted octanol–water partition coefficient (Wildman–Crippen LogP) is 2.39. The maximum Gasteiger partial charge on any atom is 0.338 e. The monoisotopic (exact) mass is 357 g/mol. The highest BCUT2D eigenvalue weighted by Crippen LogP contribution is 2.23. The lowest BCUT2D eigenvalue weighted by Crippen LogP contribution is -2.39. The van der Waals surface area contributed by atoms with Crippen LogP contribution in [0, 0.1) is 0 Å². The Balaban J connectivity index is 1.47. The van der Waals surface area contributed by atoms with Crippen LogP contribution in [0.25, 0.3) is 0 Å². The van der Waals surface area contributed by atoms with Crippen LogP contribution in [0.1, 0.15) is 41.2 Å². The SMILES string of the molecule is COc1ccc(CCC(=O)N2CCC(n3cc(C(=O)O)cn3)CC2)cc1. The highest BCUT2D eigenvalue weighted by atomic mass is 16.5. The number of carbonyl (C=O) groups is 2. The highest BCUT2D eigenvalue weighted by molar-refractivity contribution is 5.86. The first-order valence-corrected chi connectivity index (χ1v) is 8.75. The van der Waals surface area contributed by atoms with Crippen molar-refractivity contribution in [3.63, 3.8) is 0 Å². The number of methoxy groups -OCH3 is 1. The summed E-state index contributed by atoms with van der Waals surface area (Å²) in [5, 5.41) is 13.1. The Morgan fingerprint density at radius 3 is 2.50 bits per heavy atom. The number of nitrogens with zero attached hydrogens (tertiary/aromatic N) is 3. The van der Waals surface area contributed by atoms with Crippen molar-refractivity contribution in [1.82, 2.24) is 14.7 Å². The van der Waals surface area contributed by atoms with Gasteiger partial charge < -0.3 is 14.7 Å². The van der Waals surface area contributed by atoms with Gasteiger partial charge in [0.15, 0.2) is 0 Å². The maximum atomic E-state index is 12.4. The van der Waals surface area contributed by atoms with Gasteiger partial charge >= 0.3 is 5.97 Å². The molecule has 0 bridgehead atoms. The van der Waals surface area contributed by atoms with Crippen LogP contribution >= 0.6 is 0 Å². The second-order valence-electron chi connectivity index (χ2n) is 6.47. The lowest BCUT2D eigenvalue weighted by Gasteiger charge is -2.32. The number of likely N-dealkylation sites (tertiary alicyclic amines) is 1. The molecule has 138 valence electrons. The summed E-state index contributed by atoms with van der Waals surface area (Å²) in [5.74, 6) is 0.000166. The molecule has 7 heteroatoms. The fourth-order valence-corrected chi connectivity index (χ4v) is 3.23. The van der Waals surface area contributed by atoms with E-state index in [1.165, 1.54) is 6.20 Å². The van der Waals surface area contributed by atoms with E-state index in [0.717, 1.165) is 24.2 Å². The molecule has 7 nitrogen and oxygen atoms in total. The van der Waals surface area contributed by atoms with Gasteiger partial charge in [-0.15, -0.1) is 0 Å². The van der Waals surface area contributed by atoms with Crippen LogP contribution in [-0.4, -0.2) is 51.9 Å². The predicted molar refractivity (Wildman–Crippen MR) is 95.4 cm³/mol. The van der Waals surface area contributed by atoms with Crippen molar-refractivity contribution in [2.45, 2.75) is 31.7 Å². The summed E-state index contributed by atoms with van der Waals surface area (Å²) in [5.41, 5.74) is 1.31. The quantitative estimate of drug-likeness (QED) is 0.858. The van der Waals surface area contributed by atoms with Gasteiger partial charge in [-0.25, -0.2) is 4.79 Å². The molecule has 0 atom stereocenters. The molecular formula is C19H23N3O4. The van der Waals surface area contributed by atoms with E-state index in [1.807, 2.05) is 29.2 Å². The smallest absolute Gasteiger partial charge is 0.338 e. The number of hydrogen-bond donors (Lipinski definition) is 1. The van der Waals surface area contributed by atoms with Crippen LogP contribution in [0.15, 0.2) is 36.7 Å². The van der Waals surface area contributed by atoms with Gasteiger partial charge in [-0.1, -0.05) is 12.1 Å². The molecule has 26 heavy (non-hydrogen) atoms. The molecule has 0 saturated carbocycles. The van der Waals surface area contributed by atoms with E-state index in [0.29, 0.717) is 25.9 Å². The Morgan fingerprint density at radius 2 is 1.92 bits per heavy atom. The zero-order valence-electron chi connectivity index (χ0n) is 14.8. The minimum absolute atomic E-state index is 0.147. The lowest BCUT2D eigenvalue weighted by molar-refractivity contribution is -0.132. The largest absolute Gasteiger partial charge is 0.497 e. The van der Waals surface area contributed by atoms with E-state index < -0.39 is 5.97 Å². The minimum Gasteiger partial charge on any atom is -0.497 e. The molecule has 1 aromatic heterocycles. The van der Waals surface area contributed by atoms with Gasteiger partial charge in [-0.05, 0) is 37.0 Å². The molecule has 2 aromatic rings. The summed E-state index contributed by atoms with van der Waals surface area (Å²) in [6.45, 7) is 1.35. The Hall–Kier alpha value is -2.83. The van der Waals surface area contributed by atoms with Crippen LogP contribution in [0.5, 0.6) is 5.75 Å². The number of aryl methyl sites for hydroxylation is 1. The van der Waals surface area contributed by atoms with E-state index in [-0.39, 0.29) is 17.5 Å². The fraction of sp³-hybridized carbons (Fsp3) is 0.421. The molecule has 0 unspecified atom stereocenters. The van der Waals surface area contributed by atoms with Gasteiger partial charge in [0.25, 0.3) is 0 Å². The number of piperidine rings is 1. The van der Waals surface area contributed by atoms with Crippen molar-refractivity contribution in [3.05, 3.63) is 47.8 Å². The lowest BCUT2D eigenvalue weighted by atomic mass is 10.0. The molecular weight excluding hydrogens is 334 g/mol. The molecule has 1 saturated heterocycles. The van der Waals surface area contributed by atoms with Crippen LogP contribution < -0.4 is 4.74 Å². The van der Waals surface area contributed by atoms with E-state index in [2.05, 4.69) is 5.10 Å². The average molecular weight is 357 g/mol. The van der Waals surface area contributed by atoms with E-state index in [1.54, 1.807) is 18.0 Å². The molecule has 2 heterocycles. The average Bonchev–Trinajstić information content (AvgIpc) is 3.17. The molecule has 0 aliphatic carbocycles. The Morgan fingerprint density at radius 1 is 1.23 bits per heavy atom. The number of rotatable bonds is 6. The molecule has 1 aliphatic heterocycles. The van der Waals surface area contributed by atoms with Gasteiger partial charge in [0, 0.05) is 25.7 Å². The van der Waals surface area contributed by atoms with Crippen molar-refractivity contribution in [2.75, 3.05) is 20.2 Å². The number of amides is 1. The zero-order valence-corrected chi connectivity index (χ0v) is 14.8. The number of carbonyl (C=O) groups excluding carboxylic acids is 1. The Kier molecular flexibility index (Phi) is 5.55. The van der Waals surface area contributed by atoms with Crippen molar-refractivity contribution >= 4 is 11.9 Å². The second-order valence-corrected chi connectivity index (χ2v) is 6.47. The summed E-state index contributed by atoms with van der Waals surface area (Å²) in [6, 6.07) is 7.92. The van der Waals surface area contributed by atoms with Crippen LogP contribution in [0.3, 0.4) is 0 Å². The summed E-state index contributed by atoms with van der Waals surface area (Å²) in [4.78, 5) is 25.3.